The molecule has 1 saturated heterocycles. The first-order chi connectivity index (χ1) is 13.7. The SMILES string of the molecule is CCOc1ccc(C(=O)N(CN2CCCC2=O)c2nc3ccccc3s2)cc1. The van der Waals surface area contributed by atoms with Gasteiger partial charge in [0, 0.05) is 18.5 Å². The van der Waals surface area contributed by atoms with E-state index in [1.165, 1.54) is 11.3 Å². The van der Waals surface area contributed by atoms with Gasteiger partial charge in [0.2, 0.25) is 5.91 Å². The number of carbonyl (C=O) groups is 2. The average Bonchev–Trinajstić information content (AvgIpc) is 3.32. The summed E-state index contributed by atoms with van der Waals surface area (Å²) in [5.41, 5.74) is 1.38. The van der Waals surface area contributed by atoms with Gasteiger partial charge in [-0.25, -0.2) is 4.98 Å². The number of benzene rings is 2. The van der Waals surface area contributed by atoms with Crippen LogP contribution < -0.4 is 9.64 Å². The number of fused-ring (bicyclic) bond motifs is 1. The Kier molecular flexibility index (Phi) is 5.25. The quantitative estimate of drug-likeness (QED) is 0.635. The molecule has 2 amide bonds. The molecule has 0 bridgehead atoms. The van der Waals surface area contributed by atoms with Gasteiger partial charge >= 0.3 is 0 Å². The molecule has 1 aromatic heterocycles. The molecule has 2 heterocycles. The first-order valence-corrected chi connectivity index (χ1v) is 10.2. The number of rotatable bonds is 6. The van der Waals surface area contributed by atoms with E-state index >= 15 is 0 Å². The van der Waals surface area contributed by atoms with Gasteiger partial charge in [0.15, 0.2) is 5.13 Å². The number of hydrogen-bond acceptors (Lipinski definition) is 5. The highest BCUT2D eigenvalue weighted by Crippen LogP contribution is 2.30. The number of ether oxygens (including phenoxy) is 1. The van der Waals surface area contributed by atoms with Crippen molar-refractivity contribution in [3.05, 3.63) is 54.1 Å². The number of hydrogen-bond donors (Lipinski definition) is 0. The molecule has 6 nitrogen and oxygen atoms in total. The number of para-hydroxylation sites is 1. The standard InChI is InChI=1S/C21H21N3O3S/c1-2-27-16-11-9-15(10-12-16)20(26)24(14-23-13-5-8-19(23)25)21-22-17-6-3-4-7-18(17)28-21/h3-4,6-7,9-12H,2,5,8,13-14H2,1H3. The lowest BCUT2D eigenvalue weighted by Crippen LogP contribution is -2.42. The Morgan fingerprint density at radius 2 is 2.00 bits per heavy atom. The van der Waals surface area contributed by atoms with Gasteiger partial charge in [-0.2, -0.15) is 0 Å². The van der Waals surface area contributed by atoms with Gasteiger partial charge in [-0.3, -0.25) is 14.5 Å². The molecule has 28 heavy (non-hydrogen) atoms. The van der Waals surface area contributed by atoms with E-state index in [-0.39, 0.29) is 18.5 Å². The lowest BCUT2D eigenvalue weighted by molar-refractivity contribution is -0.127. The number of thiazole rings is 1. The zero-order valence-electron chi connectivity index (χ0n) is 15.6. The molecule has 1 aliphatic heterocycles. The Hall–Kier alpha value is -2.93. The van der Waals surface area contributed by atoms with E-state index in [0.717, 1.165) is 22.4 Å². The molecule has 4 rings (SSSR count). The molecule has 7 heteroatoms. The van der Waals surface area contributed by atoms with Crippen molar-refractivity contribution in [1.82, 2.24) is 9.88 Å². The molecular formula is C21H21N3O3S. The van der Waals surface area contributed by atoms with E-state index in [9.17, 15) is 9.59 Å². The topological polar surface area (TPSA) is 62.7 Å². The van der Waals surface area contributed by atoms with Crippen molar-refractivity contribution < 1.29 is 14.3 Å². The third-order valence-corrected chi connectivity index (χ3v) is 5.71. The zero-order valence-corrected chi connectivity index (χ0v) is 16.4. The van der Waals surface area contributed by atoms with Crippen LogP contribution >= 0.6 is 11.3 Å². The van der Waals surface area contributed by atoms with Crippen LogP contribution in [0.25, 0.3) is 10.2 Å². The maximum Gasteiger partial charge on any atom is 0.261 e. The summed E-state index contributed by atoms with van der Waals surface area (Å²) in [5, 5.41) is 0.597. The van der Waals surface area contributed by atoms with Crippen LogP contribution in [-0.2, 0) is 4.79 Å². The fraction of sp³-hybridized carbons (Fsp3) is 0.286. The van der Waals surface area contributed by atoms with Gasteiger partial charge in [-0.15, -0.1) is 0 Å². The fourth-order valence-electron chi connectivity index (χ4n) is 3.23. The number of carbonyl (C=O) groups excluding carboxylic acids is 2. The first-order valence-electron chi connectivity index (χ1n) is 9.34. The summed E-state index contributed by atoms with van der Waals surface area (Å²) in [6.07, 6.45) is 1.36. The Balaban J connectivity index is 1.67. The Labute approximate surface area is 167 Å². The second kappa shape index (κ2) is 7.98. The van der Waals surface area contributed by atoms with E-state index in [0.29, 0.717) is 30.3 Å². The van der Waals surface area contributed by atoms with Crippen molar-refractivity contribution in [3.8, 4) is 5.75 Å². The fourth-order valence-corrected chi connectivity index (χ4v) is 4.18. The van der Waals surface area contributed by atoms with Gasteiger partial charge in [0.25, 0.3) is 5.91 Å². The maximum atomic E-state index is 13.3. The molecular weight excluding hydrogens is 374 g/mol. The van der Waals surface area contributed by atoms with Gasteiger partial charge < -0.3 is 9.64 Å². The van der Waals surface area contributed by atoms with Crippen molar-refractivity contribution in [2.45, 2.75) is 19.8 Å². The predicted molar refractivity (Wildman–Crippen MR) is 110 cm³/mol. The van der Waals surface area contributed by atoms with E-state index in [1.807, 2.05) is 31.2 Å². The molecule has 1 fully saturated rings. The summed E-state index contributed by atoms with van der Waals surface area (Å²) < 4.78 is 6.47. The molecule has 0 N–H and O–H groups in total. The lowest BCUT2D eigenvalue weighted by Gasteiger charge is -2.26. The molecule has 2 aromatic carbocycles. The number of likely N-dealkylation sites (tertiary alicyclic amines) is 1. The van der Waals surface area contributed by atoms with Crippen LogP contribution in [0.4, 0.5) is 5.13 Å². The highest BCUT2D eigenvalue weighted by Gasteiger charge is 2.28. The Morgan fingerprint density at radius 3 is 2.68 bits per heavy atom. The molecule has 0 unspecified atom stereocenters. The number of aromatic nitrogens is 1. The van der Waals surface area contributed by atoms with Crippen LogP contribution in [0.3, 0.4) is 0 Å². The summed E-state index contributed by atoms with van der Waals surface area (Å²) in [6.45, 7) is 3.37. The summed E-state index contributed by atoms with van der Waals surface area (Å²) >= 11 is 1.46. The van der Waals surface area contributed by atoms with E-state index in [2.05, 4.69) is 4.98 Å². The van der Waals surface area contributed by atoms with Crippen LogP contribution in [0.2, 0.25) is 0 Å². The Morgan fingerprint density at radius 1 is 1.21 bits per heavy atom. The molecule has 0 saturated carbocycles. The van der Waals surface area contributed by atoms with E-state index in [4.69, 9.17) is 4.74 Å². The highest BCUT2D eigenvalue weighted by molar-refractivity contribution is 7.22. The van der Waals surface area contributed by atoms with E-state index < -0.39 is 0 Å². The van der Waals surface area contributed by atoms with Crippen molar-refractivity contribution in [2.24, 2.45) is 0 Å². The summed E-state index contributed by atoms with van der Waals surface area (Å²) in [7, 11) is 0. The van der Waals surface area contributed by atoms with Crippen molar-refractivity contribution >= 4 is 38.5 Å². The van der Waals surface area contributed by atoms with Crippen LogP contribution in [0, 0.1) is 0 Å². The molecule has 3 aromatic rings. The second-order valence-corrected chi connectivity index (χ2v) is 7.57. The van der Waals surface area contributed by atoms with Crippen LogP contribution in [0.15, 0.2) is 48.5 Å². The minimum absolute atomic E-state index is 0.0746. The molecule has 0 spiro atoms. The van der Waals surface area contributed by atoms with Crippen molar-refractivity contribution in [3.63, 3.8) is 0 Å². The third-order valence-electron chi connectivity index (χ3n) is 4.65. The average molecular weight is 395 g/mol. The number of amides is 2. The van der Waals surface area contributed by atoms with Gasteiger partial charge in [-0.05, 0) is 49.7 Å². The minimum Gasteiger partial charge on any atom is -0.494 e. The third kappa shape index (κ3) is 3.71. The minimum atomic E-state index is -0.179. The molecule has 0 radical (unpaired) electrons. The molecule has 144 valence electrons. The smallest absolute Gasteiger partial charge is 0.261 e. The summed E-state index contributed by atoms with van der Waals surface area (Å²) in [4.78, 5) is 33.4. The van der Waals surface area contributed by atoms with Crippen LogP contribution in [0.1, 0.15) is 30.1 Å². The summed E-state index contributed by atoms with van der Waals surface area (Å²) in [5.74, 6) is 0.618. The monoisotopic (exact) mass is 395 g/mol. The van der Waals surface area contributed by atoms with Gasteiger partial charge in [0.05, 0.1) is 16.8 Å². The van der Waals surface area contributed by atoms with Gasteiger partial charge in [-0.1, -0.05) is 23.5 Å². The lowest BCUT2D eigenvalue weighted by atomic mass is 10.2. The van der Waals surface area contributed by atoms with Gasteiger partial charge in [0.1, 0.15) is 12.4 Å². The predicted octanol–water partition coefficient (Wildman–Crippen LogP) is 3.92. The summed E-state index contributed by atoms with van der Waals surface area (Å²) in [6, 6.07) is 14.9. The van der Waals surface area contributed by atoms with Crippen molar-refractivity contribution in [2.75, 3.05) is 24.7 Å². The number of nitrogens with zero attached hydrogens (tertiary/aromatic N) is 3. The zero-order chi connectivity index (χ0) is 19.5. The van der Waals surface area contributed by atoms with E-state index in [1.54, 1.807) is 34.1 Å². The molecule has 0 atom stereocenters. The normalized spacial score (nSPS) is 13.9. The van der Waals surface area contributed by atoms with Crippen molar-refractivity contribution in [1.29, 1.82) is 0 Å². The van der Waals surface area contributed by atoms with Crippen LogP contribution in [0.5, 0.6) is 5.75 Å². The number of anilines is 1. The highest BCUT2D eigenvalue weighted by atomic mass is 32.1. The largest absolute Gasteiger partial charge is 0.494 e. The molecule has 1 aliphatic rings. The molecule has 0 aliphatic carbocycles. The maximum absolute atomic E-state index is 13.3. The first kappa shape index (κ1) is 18.4. The second-order valence-electron chi connectivity index (χ2n) is 6.56. The Bertz CT molecular complexity index is 967. The van der Waals surface area contributed by atoms with Crippen LogP contribution in [-0.4, -0.2) is 41.5 Å².